The van der Waals surface area contributed by atoms with Crippen molar-refractivity contribution in [2.24, 2.45) is 0 Å². The van der Waals surface area contributed by atoms with E-state index in [0.717, 1.165) is 0 Å². The Morgan fingerprint density at radius 1 is 0.643 bits per heavy atom. The Morgan fingerprint density at radius 3 is 0.643 bits per heavy atom. The van der Waals surface area contributed by atoms with Crippen molar-refractivity contribution in [1.29, 1.82) is 0 Å². The fourth-order valence-corrected chi connectivity index (χ4v) is 0. The maximum atomic E-state index is 4.87. The van der Waals surface area contributed by atoms with E-state index < -0.39 is 5.98 Å². The zero-order valence-electron chi connectivity index (χ0n) is 4.31. The minimum absolute atomic E-state index is 0. The number of hydrogen-bond donors (Lipinski definition) is 0. The molecule has 0 aliphatic heterocycles. The Kier molecular flexibility index (Phi) is 1020. The normalized spacial score (nSPS) is 2.57. The van der Waals surface area contributed by atoms with E-state index in [1.165, 1.54) is 0 Å². The molecule has 8 heteroatoms. The van der Waals surface area contributed by atoms with Crippen LogP contribution in [0, 0.1) is 0 Å². The molecule has 0 unspecified atom stereocenters. The van der Waals surface area contributed by atoms with Gasteiger partial charge in [-0.25, -0.2) is 0 Å². The average molecular weight is 297 g/mol. The van der Waals surface area contributed by atoms with Crippen molar-refractivity contribution in [3.8, 4) is 0 Å². The maximum Gasteiger partial charge on any atom is 1.00 e. The van der Waals surface area contributed by atoms with Gasteiger partial charge in [0.2, 0.25) is 0 Å². The second-order valence-corrected chi connectivity index (χ2v) is 5.17. The first-order chi connectivity index (χ1) is 1.73. The van der Waals surface area contributed by atoms with Crippen LogP contribution in [0.1, 0.15) is 46.0 Å². The van der Waals surface area contributed by atoms with Crippen LogP contribution in [0.3, 0.4) is 0 Å². The van der Waals surface area contributed by atoms with Crippen molar-refractivity contribution in [3.05, 3.63) is 0 Å². The van der Waals surface area contributed by atoms with Crippen molar-refractivity contribution < 1.29 is 20.3 Å². The summed E-state index contributed by atoms with van der Waals surface area (Å²) < 4.78 is 0. The molecule has 0 aliphatic rings. The summed E-state index contributed by atoms with van der Waals surface area (Å²) in [7, 11) is 0. The van der Waals surface area contributed by atoms with Gasteiger partial charge in [0, 0.05) is 18.3 Å². The molecule has 0 N–H and O–H groups in total. The van der Waals surface area contributed by atoms with Gasteiger partial charge in [-0.1, -0.05) is 78.3 Å². The van der Waals surface area contributed by atoms with Gasteiger partial charge < -0.3 is 9.90 Å². The fraction of sp³-hybridized carbons (Fsp3) is 1.00. The molecule has 0 aliphatic carbocycles. The molecule has 6 radical (unpaired) electrons. The van der Waals surface area contributed by atoms with Crippen molar-refractivity contribution in [2.75, 3.05) is 0 Å². The first-order valence-corrected chi connectivity index (χ1v) is 4.56. The Labute approximate surface area is 131 Å². The molecule has 0 aromatic rings. The summed E-state index contributed by atoms with van der Waals surface area (Å²) in [5, 5.41) is 0. The van der Waals surface area contributed by atoms with E-state index in [2.05, 4.69) is 0 Å². The summed E-state index contributed by atoms with van der Waals surface area (Å²) >= 11 is 14.6. The minimum atomic E-state index is -1.20. The van der Waals surface area contributed by atoms with Gasteiger partial charge in [-0.2, -0.15) is 0 Å². The van der Waals surface area contributed by atoms with Crippen LogP contribution in [0.25, 0.3) is 0 Å². The summed E-state index contributed by atoms with van der Waals surface area (Å²) in [6.45, 7) is 0. The van der Waals surface area contributed by atoms with Crippen molar-refractivity contribution >= 4 is 66.4 Å². The molecule has 90 valence electrons. The third-order valence-electron chi connectivity index (χ3n) is 0. The third-order valence-corrected chi connectivity index (χ3v) is 0. The summed E-state index contributed by atoms with van der Waals surface area (Å²) in [6, 6.07) is 0. The molecule has 0 saturated heterocycles. The van der Waals surface area contributed by atoms with Crippen molar-refractivity contribution in [1.82, 2.24) is 0 Å². The largest absolute Gasteiger partial charge is 1.00 e. The predicted octanol–water partition coefficient (Wildman–Crippen LogP) is 3.56. The van der Waals surface area contributed by atoms with Crippen LogP contribution < -0.4 is 18.9 Å². The standard InChI is InChI=1S/6CH4.2B.Cl3P.Li.H2P.H2/c;;;;;;;;1-4(2)3;;;/h6*1H4;;;;;1H2;1H/q;;;;;;;;;+1;-1;. The van der Waals surface area contributed by atoms with Gasteiger partial charge in [0.15, 0.2) is 5.98 Å². The molecule has 0 heterocycles. The molecule has 14 heavy (non-hydrogen) atoms. The SMILES string of the molecule is C.C.C.C.C.C.ClP(Cl)Cl.[B].[B].[HH].[Li+].[PH2-]. The van der Waals surface area contributed by atoms with Crippen molar-refractivity contribution in [2.45, 2.75) is 44.6 Å². The second-order valence-electron chi connectivity index (χ2n) is 0.192. The zero-order chi connectivity index (χ0) is 3.58. The molecule has 0 saturated carbocycles. The third kappa shape index (κ3) is 434. The van der Waals surface area contributed by atoms with E-state index in [0.29, 0.717) is 0 Å². The molecular weight excluding hydrogens is 269 g/mol. The Bertz CT molecular complexity index is 39.1. The topological polar surface area (TPSA) is 0 Å². The Balaban J connectivity index is -0.000000000818. The average Bonchev–Trinajstić information content (AvgIpc) is 0.811. The summed E-state index contributed by atoms with van der Waals surface area (Å²) in [6.07, 6.45) is 0. The van der Waals surface area contributed by atoms with Gasteiger partial charge >= 0.3 is 18.9 Å². The molecule has 0 aromatic heterocycles. The second kappa shape index (κ2) is 108. The van der Waals surface area contributed by atoms with Crippen LogP contribution in [0.4, 0.5) is 0 Å². The summed E-state index contributed by atoms with van der Waals surface area (Å²) in [4.78, 5) is 0. The van der Waals surface area contributed by atoms with Gasteiger partial charge in [0.05, 0.1) is 0 Å². The number of hydrogen-bond acceptors (Lipinski definition) is 0. The van der Waals surface area contributed by atoms with E-state index in [9.17, 15) is 0 Å². The first-order valence-electron chi connectivity index (χ1n) is 0.507. The van der Waals surface area contributed by atoms with E-state index in [4.69, 9.17) is 33.7 Å². The molecule has 0 rings (SSSR count). The molecule has 0 atom stereocenters. The van der Waals surface area contributed by atoms with Gasteiger partial charge in [-0.15, -0.1) is 0 Å². The van der Waals surface area contributed by atoms with Gasteiger partial charge in [-0.05, 0) is 0 Å². The Hall–Kier alpha value is 2.46. The zero-order valence-corrected chi connectivity index (χ0v) is 8.63. The summed E-state index contributed by atoms with van der Waals surface area (Å²) in [5.74, 6) is -1.20. The van der Waals surface area contributed by atoms with Crippen LogP contribution in [0.5, 0.6) is 0 Å². The van der Waals surface area contributed by atoms with Gasteiger partial charge in [0.25, 0.3) is 0 Å². The molecule has 0 aromatic carbocycles. The van der Waals surface area contributed by atoms with Crippen LogP contribution >= 0.6 is 49.6 Å². The molecular formula is C6H28B2Cl3LiP2. The molecule has 0 amide bonds. The van der Waals surface area contributed by atoms with E-state index in [1.54, 1.807) is 0 Å². The van der Waals surface area contributed by atoms with Gasteiger partial charge in [-0.3, -0.25) is 0 Å². The quantitative estimate of drug-likeness (QED) is 0.474. The maximum absolute atomic E-state index is 4.87. The van der Waals surface area contributed by atoms with Crippen LogP contribution in [0.2, 0.25) is 0 Å². The first kappa shape index (κ1) is 132. The van der Waals surface area contributed by atoms with E-state index in [1.807, 2.05) is 0 Å². The minimum Gasteiger partial charge on any atom is -0.577 e. The van der Waals surface area contributed by atoms with Crippen molar-refractivity contribution in [3.63, 3.8) is 0 Å². The van der Waals surface area contributed by atoms with E-state index in [-0.39, 0.29) is 91.6 Å². The van der Waals surface area contributed by atoms with E-state index >= 15 is 0 Å². The number of rotatable bonds is 0. The molecule has 0 spiro atoms. The molecule has 0 bridgehead atoms. The number of halogens is 3. The smallest absolute Gasteiger partial charge is 0.577 e. The molecule has 0 nitrogen and oxygen atoms in total. The van der Waals surface area contributed by atoms with Crippen LogP contribution in [-0.4, -0.2) is 16.8 Å². The van der Waals surface area contributed by atoms with Gasteiger partial charge in [0.1, 0.15) is 0 Å². The predicted molar refractivity (Wildman–Crippen MR) is 88.2 cm³/mol. The molecule has 0 fully saturated rings. The summed E-state index contributed by atoms with van der Waals surface area (Å²) in [5.41, 5.74) is 0. The van der Waals surface area contributed by atoms with Crippen LogP contribution in [0.15, 0.2) is 0 Å². The monoisotopic (exact) mass is 296 g/mol. The Morgan fingerprint density at radius 2 is 0.643 bits per heavy atom. The fourth-order valence-electron chi connectivity index (χ4n) is 0. The van der Waals surface area contributed by atoms with Crippen LogP contribution in [-0.2, 0) is 0 Å².